The average Bonchev–Trinajstić information content (AvgIpc) is 3.04. The van der Waals surface area contributed by atoms with Gasteiger partial charge in [0.2, 0.25) is 5.91 Å². The zero-order chi connectivity index (χ0) is 20.4. The van der Waals surface area contributed by atoms with Gasteiger partial charge in [-0.25, -0.2) is 19.6 Å². The van der Waals surface area contributed by atoms with Crippen molar-refractivity contribution in [2.75, 3.05) is 25.2 Å². The van der Waals surface area contributed by atoms with Crippen molar-refractivity contribution in [3.8, 4) is 5.75 Å². The predicted molar refractivity (Wildman–Crippen MR) is 106 cm³/mol. The Balaban J connectivity index is 1.37. The Morgan fingerprint density at radius 3 is 2.66 bits per heavy atom. The summed E-state index contributed by atoms with van der Waals surface area (Å²) >= 11 is 0. The van der Waals surface area contributed by atoms with Crippen LogP contribution in [0.4, 0.5) is 14.9 Å². The number of amides is 3. The molecule has 8 heteroatoms. The normalized spacial score (nSPS) is 18.1. The first kappa shape index (κ1) is 19.2. The second-order valence-corrected chi connectivity index (χ2v) is 7.35. The number of benzene rings is 2. The van der Waals surface area contributed by atoms with Crippen molar-refractivity contribution in [1.82, 2.24) is 15.6 Å². The molecule has 2 aliphatic heterocycles. The number of halogens is 1. The molecule has 1 spiro atoms. The Bertz CT molecular complexity index is 928. The van der Waals surface area contributed by atoms with Crippen LogP contribution in [0.5, 0.6) is 5.75 Å². The summed E-state index contributed by atoms with van der Waals surface area (Å²) in [5.41, 5.74) is 3.89. The van der Waals surface area contributed by atoms with Crippen LogP contribution in [0.3, 0.4) is 0 Å². The first-order chi connectivity index (χ1) is 14.0. The maximum absolute atomic E-state index is 13.5. The fraction of sp³-hybridized carbons (Fsp3) is 0.333. The van der Waals surface area contributed by atoms with Gasteiger partial charge in [0, 0.05) is 25.9 Å². The van der Waals surface area contributed by atoms with E-state index in [1.165, 1.54) is 17.1 Å². The fourth-order valence-electron chi connectivity index (χ4n) is 3.79. The molecule has 4 rings (SSSR count). The summed E-state index contributed by atoms with van der Waals surface area (Å²) in [5, 5.41) is 4.29. The minimum atomic E-state index is -0.629. The van der Waals surface area contributed by atoms with E-state index in [1.54, 1.807) is 19.2 Å². The minimum Gasteiger partial charge on any atom is -0.497 e. The minimum absolute atomic E-state index is 0.0411. The second-order valence-electron chi connectivity index (χ2n) is 7.35. The smallest absolute Gasteiger partial charge is 0.338 e. The van der Waals surface area contributed by atoms with Crippen LogP contribution in [-0.2, 0) is 11.2 Å². The molecule has 0 atom stereocenters. The van der Waals surface area contributed by atoms with Crippen molar-refractivity contribution >= 4 is 17.6 Å². The number of ether oxygens (including phenoxy) is 1. The van der Waals surface area contributed by atoms with Gasteiger partial charge in [-0.15, -0.1) is 0 Å². The van der Waals surface area contributed by atoms with E-state index in [4.69, 9.17) is 4.74 Å². The fourth-order valence-corrected chi connectivity index (χ4v) is 3.79. The number of piperidine rings is 1. The lowest BCUT2D eigenvalue weighted by atomic mass is 9.97. The molecule has 29 heavy (non-hydrogen) atoms. The van der Waals surface area contributed by atoms with Crippen LogP contribution in [0.2, 0.25) is 0 Å². The van der Waals surface area contributed by atoms with Crippen LogP contribution in [0, 0.1) is 5.82 Å². The monoisotopic (exact) mass is 398 g/mol. The van der Waals surface area contributed by atoms with Gasteiger partial charge in [0.1, 0.15) is 17.2 Å². The van der Waals surface area contributed by atoms with Crippen LogP contribution in [0.1, 0.15) is 18.4 Å². The van der Waals surface area contributed by atoms with Gasteiger partial charge in [-0.1, -0.05) is 18.2 Å². The molecule has 2 heterocycles. The molecule has 2 aromatic rings. The van der Waals surface area contributed by atoms with Crippen molar-refractivity contribution in [3.05, 3.63) is 59.9 Å². The molecule has 7 nitrogen and oxygen atoms in total. The molecule has 152 valence electrons. The third kappa shape index (κ3) is 4.02. The van der Waals surface area contributed by atoms with Crippen molar-refractivity contribution < 1.29 is 18.7 Å². The summed E-state index contributed by atoms with van der Waals surface area (Å²) in [5.74, 6) is 0.360. The van der Waals surface area contributed by atoms with E-state index in [1.807, 2.05) is 29.2 Å². The highest BCUT2D eigenvalue weighted by molar-refractivity contribution is 5.93. The number of likely N-dealkylation sites (tertiary alicyclic amines) is 1. The van der Waals surface area contributed by atoms with E-state index in [2.05, 4.69) is 10.7 Å². The number of carbonyl (C=O) groups excluding carboxylic acids is 2. The van der Waals surface area contributed by atoms with E-state index >= 15 is 0 Å². The lowest BCUT2D eigenvalue weighted by molar-refractivity contribution is -0.132. The maximum atomic E-state index is 13.5. The van der Waals surface area contributed by atoms with Gasteiger partial charge < -0.3 is 15.0 Å². The number of urea groups is 1. The molecule has 0 radical (unpaired) electrons. The van der Waals surface area contributed by atoms with Crippen molar-refractivity contribution in [2.24, 2.45) is 0 Å². The molecule has 0 unspecified atom stereocenters. The first-order valence-electron chi connectivity index (χ1n) is 9.54. The van der Waals surface area contributed by atoms with Crippen molar-refractivity contribution in [2.45, 2.75) is 24.9 Å². The second kappa shape index (κ2) is 7.71. The van der Waals surface area contributed by atoms with Crippen LogP contribution in [-0.4, -0.2) is 42.7 Å². The third-order valence-corrected chi connectivity index (χ3v) is 5.40. The van der Waals surface area contributed by atoms with E-state index in [9.17, 15) is 14.0 Å². The summed E-state index contributed by atoms with van der Waals surface area (Å²) in [6.45, 7) is 1.04. The molecule has 2 fully saturated rings. The summed E-state index contributed by atoms with van der Waals surface area (Å²) in [7, 11) is 1.60. The largest absolute Gasteiger partial charge is 0.497 e. The van der Waals surface area contributed by atoms with Gasteiger partial charge in [-0.2, -0.15) is 0 Å². The Hall–Kier alpha value is -3.13. The standard InChI is InChI=1S/C21H23FN4O3/c1-29-18-7-2-4-15(12-18)13-19(27)25-10-8-21(9-11-25)23-20(28)26(24-21)17-6-3-5-16(22)14-17/h2-7,12,14,24H,8-11,13H2,1H3,(H,23,28). The van der Waals surface area contributed by atoms with E-state index in [-0.39, 0.29) is 11.9 Å². The number of anilines is 1. The van der Waals surface area contributed by atoms with E-state index in [0.29, 0.717) is 38.0 Å². The molecule has 2 aromatic carbocycles. The summed E-state index contributed by atoms with van der Waals surface area (Å²) in [6.07, 6.45) is 1.43. The molecule has 0 saturated carbocycles. The number of nitrogens with zero attached hydrogens (tertiary/aromatic N) is 2. The number of nitrogens with one attached hydrogen (secondary N) is 2. The Labute approximate surface area is 168 Å². The highest BCUT2D eigenvalue weighted by atomic mass is 19.1. The van der Waals surface area contributed by atoms with Crippen LogP contribution in [0.15, 0.2) is 48.5 Å². The molecule has 2 saturated heterocycles. The molecular formula is C21H23FN4O3. The number of rotatable bonds is 4. The lowest BCUT2D eigenvalue weighted by Crippen LogP contribution is -2.58. The maximum Gasteiger partial charge on any atom is 0.338 e. The number of carbonyl (C=O) groups is 2. The van der Waals surface area contributed by atoms with Crippen molar-refractivity contribution in [3.63, 3.8) is 0 Å². The lowest BCUT2D eigenvalue weighted by Gasteiger charge is -2.39. The van der Waals surface area contributed by atoms with Gasteiger partial charge in [0.15, 0.2) is 0 Å². The molecule has 0 bridgehead atoms. The zero-order valence-corrected chi connectivity index (χ0v) is 16.2. The zero-order valence-electron chi connectivity index (χ0n) is 16.2. The number of methoxy groups -OCH3 is 1. The Morgan fingerprint density at radius 2 is 1.93 bits per heavy atom. The summed E-state index contributed by atoms with van der Waals surface area (Å²) in [4.78, 5) is 26.9. The Kier molecular flexibility index (Phi) is 5.10. The van der Waals surface area contributed by atoms with Gasteiger partial charge in [0.05, 0.1) is 19.2 Å². The van der Waals surface area contributed by atoms with E-state index in [0.717, 1.165) is 11.3 Å². The highest BCUT2D eigenvalue weighted by Crippen LogP contribution is 2.28. The topological polar surface area (TPSA) is 73.9 Å². The SMILES string of the molecule is COc1cccc(CC(=O)N2CCC3(CC2)NC(=O)N(c2cccc(F)c2)N3)c1. The van der Waals surface area contributed by atoms with Crippen LogP contribution >= 0.6 is 0 Å². The van der Waals surface area contributed by atoms with Gasteiger partial charge in [-0.3, -0.25) is 4.79 Å². The molecular weight excluding hydrogens is 375 g/mol. The average molecular weight is 398 g/mol. The van der Waals surface area contributed by atoms with Crippen LogP contribution < -0.4 is 20.5 Å². The molecule has 2 N–H and O–H groups in total. The quantitative estimate of drug-likeness (QED) is 0.830. The molecule has 0 aromatic heterocycles. The van der Waals surface area contributed by atoms with Gasteiger partial charge in [0.25, 0.3) is 0 Å². The number of hydrogen-bond donors (Lipinski definition) is 2. The number of hydrogen-bond acceptors (Lipinski definition) is 4. The molecule has 2 aliphatic rings. The Morgan fingerprint density at radius 1 is 1.17 bits per heavy atom. The van der Waals surface area contributed by atoms with Gasteiger partial charge >= 0.3 is 6.03 Å². The first-order valence-corrected chi connectivity index (χ1v) is 9.54. The summed E-state index contributed by atoms with van der Waals surface area (Å²) < 4.78 is 18.7. The molecule has 3 amide bonds. The number of hydrazine groups is 1. The van der Waals surface area contributed by atoms with Crippen LogP contribution in [0.25, 0.3) is 0 Å². The predicted octanol–water partition coefficient (Wildman–Crippen LogP) is 2.43. The molecule has 0 aliphatic carbocycles. The third-order valence-electron chi connectivity index (χ3n) is 5.40. The van der Waals surface area contributed by atoms with E-state index < -0.39 is 11.5 Å². The highest BCUT2D eigenvalue weighted by Gasteiger charge is 2.45. The van der Waals surface area contributed by atoms with Gasteiger partial charge in [-0.05, 0) is 35.9 Å². The summed E-state index contributed by atoms with van der Waals surface area (Å²) in [6, 6.07) is 13.0. The van der Waals surface area contributed by atoms with Crippen molar-refractivity contribution in [1.29, 1.82) is 0 Å².